The van der Waals surface area contributed by atoms with Crippen molar-refractivity contribution in [2.75, 3.05) is 0 Å². The van der Waals surface area contributed by atoms with Gasteiger partial charge in [0.1, 0.15) is 0 Å². The van der Waals surface area contributed by atoms with Crippen molar-refractivity contribution in [3.63, 3.8) is 0 Å². The van der Waals surface area contributed by atoms with Crippen LogP contribution in [0.3, 0.4) is 0 Å². The van der Waals surface area contributed by atoms with Crippen LogP contribution in [0, 0.1) is 0 Å². The van der Waals surface area contributed by atoms with E-state index in [2.05, 4.69) is 31.4 Å². The highest BCUT2D eigenvalue weighted by Crippen LogP contribution is 2.42. The first-order valence-electron chi connectivity index (χ1n) is 4.74. The van der Waals surface area contributed by atoms with Crippen molar-refractivity contribution in [3.05, 3.63) is 48.0 Å². The van der Waals surface area contributed by atoms with E-state index in [1.807, 2.05) is 12.2 Å². The van der Waals surface area contributed by atoms with Crippen LogP contribution in [-0.2, 0) is 0 Å². The summed E-state index contributed by atoms with van der Waals surface area (Å²) in [6.45, 7) is 7.61. The fourth-order valence-electron chi connectivity index (χ4n) is 1.66. The Labute approximate surface area is 79.6 Å². The van der Waals surface area contributed by atoms with E-state index in [1.54, 1.807) is 0 Å². The minimum atomic E-state index is 0.798. The average Bonchev–Trinajstić information content (AvgIpc) is 3.00. The summed E-state index contributed by atoms with van der Waals surface area (Å²) in [4.78, 5) is 0. The predicted molar refractivity (Wildman–Crippen MR) is 58.6 cm³/mol. The van der Waals surface area contributed by atoms with E-state index in [4.69, 9.17) is 0 Å². The second-order valence-electron chi connectivity index (χ2n) is 3.57. The second kappa shape index (κ2) is 3.21. The maximum atomic E-state index is 3.84. The lowest BCUT2D eigenvalue weighted by Crippen LogP contribution is -1.86. The fraction of sp³-hybridized carbons (Fsp3) is 0.231. The molecule has 0 radical (unpaired) electrons. The van der Waals surface area contributed by atoms with Gasteiger partial charge in [-0.15, -0.1) is 0 Å². The Bertz CT molecular complexity index is 343. The van der Waals surface area contributed by atoms with Crippen molar-refractivity contribution in [3.8, 4) is 0 Å². The van der Waals surface area contributed by atoms with Crippen molar-refractivity contribution in [2.45, 2.75) is 18.8 Å². The average molecular weight is 170 g/mol. The molecule has 66 valence electrons. The SMILES string of the molecule is C=Cc1ccc(C2CC2)c(C=C)c1. The van der Waals surface area contributed by atoms with E-state index in [0.717, 1.165) is 5.92 Å². The molecule has 0 atom stereocenters. The smallest absolute Gasteiger partial charge is 0.0156 e. The van der Waals surface area contributed by atoms with Gasteiger partial charge in [-0.3, -0.25) is 0 Å². The predicted octanol–water partition coefficient (Wildman–Crippen LogP) is 3.85. The van der Waals surface area contributed by atoms with Crippen molar-refractivity contribution in [1.29, 1.82) is 0 Å². The van der Waals surface area contributed by atoms with Crippen LogP contribution in [-0.4, -0.2) is 0 Å². The number of benzene rings is 1. The molecule has 0 bridgehead atoms. The van der Waals surface area contributed by atoms with Crippen LogP contribution in [0.25, 0.3) is 12.2 Å². The summed E-state index contributed by atoms with van der Waals surface area (Å²) in [7, 11) is 0. The van der Waals surface area contributed by atoms with E-state index in [0.29, 0.717) is 0 Å². The van der Waals surface area contributed by atoms with Crippen molar-refractivity contribution in [1.82, 2.24) is 0 Å². The van der Waals surface area contributed by atoms with Gasteiger partial charge in [-0.25, -0.2) is 0 Å². The van der Waals surface area contributed by atoms with E-state index >= 15 is 0 Å². The summed E-state index contributed by atoms with van der Waals surface area (Å²) in [5.41, 5.74) is 3.92. The zero-order valence-electron chi connectivity index (χ0n) is 7.79. The molecular formula is C13H14. The number of rotatable bonds is 3. The van der Waals surface area contributed by atoms with Gasteiger partial charge < -0.3 is 0 Å². The Kier molecular flexibility index (Phi) is 2.05. The molecule has 1 fully saturated rings. The monoisotopic (exact) mass is 170 g/mol. The maximum Gasteiger partial charge on any atom is -0.0156 e. The van der Waals surface area contributed by atoms with Crippen LogP contribution in [0.4, 0.5) is 0 Å². The molecular weight excluding hydrogens is 156 g/mol. The van der Waals surface area contributed by atoms with Gasteiger partial charge >= 0.3 is 0 Å². The summed E-state index contributed by atoms with van der Waals surface area (Å²) in [5, 5.41) is 0. The first-order chi connectivity index (χ1) is 6.35. The van der Waals surface area contributed by atoms with Gasteiger partial charge in [0.2, 0.25) is 0 Å². The molecule has 0 amide bonds. The highest BCUT2D eigenvalue weighted by Gasteiger charge is 2.24. The van der Waals surface area contributed by atoms with Crippen molar-refractivity contribution in [2.24, 2.45) is 0 Å². The van der Waals surface area contributed by atoms with E-state index in [-0.39, 0.29) is 0 Å². The summed E-state index contributed by atoms with van der Waals surface area (Å²) >= 11 is 0. The Morgan fingerprint density at radius 1 is 1.15 bits per heavy atom. The normalized spacial score (nSPS) is 15.4. The minimum Gasteiger partial charge on any atom is -0.0985 e. The summed E-state index contributed by atoms with van der Waals surface area (Å²) in [5.74, 6) is 0.798. The van der Waals surface area contributed by atoms with Gasteiger partial charge in [-0.2, -0.15) is 0 Å². The second-order valence-corrected chi connectivity index (χ2v) is 3.57. The molecule has 0 unspecified atom stereocenters. The van der Waals surface area contributed by atoms with Crippen LogP contribution in [0.1, 0.15) is 35.4 Å². The lowest BCUT2D eigenvalue weighted by Gasteiger charge is -2.05. The molecule has 1 aromatic carbocycles. The molecule has 0 N–H and O–H groups in total. The Morgan fingerprint density at radius 3 is 2.46 bits per heavy atom. The van der Waals surface area contributed by atoms with Gasteiger partial charge in [0.25, 0.3) is 0 Å². The zero-order chi connectivity index (χ0) is 9.26. The molecule has 1 aliphatic carbocycles. The van der Waals surface area contributed by atoms with Crippen LogP contribution in [0.2, 0.25) is 0 Å². The van der Waals surface area contributed by atoms with Gasteiger partial charge in [0.05, 0.1) is 0 Å². The van der Waals surface area contributed by atoms with Crippen LogP contribution >= 0.6 is 0 Å². The molecule has 1 aliphatic rings. The van der Waals surface area contributed by atoms with E-state index < -0.39 is 0 Å². The Hall–Kier alpha value is -1.30. The lowest BCUT2D eigenvalue weighted by atomic mass is 10.0. The number of hydrogen-bond acceptors (Lipinski definition) is 0. The topological polar surface area (TPSA) is 0 Å². The van der Waals surface area contributed by atoms with Gasteiger partial charge in [0, 0.05) is 0 Å². The summed E-state index contributed by atoms with van der Waals surface area (Å²) in [6, 6.07) is 6.51. The standard InChI is InChI=1S/C13H14/c1-3-10-5-8-13(12-6-7-12)11(4-2)9-10/h3-5,8-9,12H,1-2,6-7H2. The molecule has 0 heteroatoms. The Balaban J connectivity index is 2.44. The molecule has 1 aromatic rings. The van der Waals surface area contributed by atoms with Crippen LogP contribution in [0.15, 0.2) is 31.4 Å². The van der Waals surface area contributed by atoms with Gasteiger partial charge in [-0.1, -0.05) is 37.4 Å². The fourth-order valence-corrected chi connectivity index (χ4v) is 1.66. The summed E-state index contributed by atoms with van der Waals surface area (Å²) in [6.07, 6.45) is 6.51. The molecule has 0 nitrogen and oxygen atoms in total. The minimum absolute atomic E-state index is 0.798. The molecule has 0 aliphatic heterocycles. The third-order valence-electron chi connectivity index (χ3n) is 2.58. The number of hydrogen-bond donors (Lipinski definition) is 0. The van der Waals surface area contributed by atoms with Gasteiger partial charge in [-0.05, 0) is 41.5 Å². The third-order valence-corrected chi connectivity index (χ3v) is 2.58. The molecule has 0 aromatic heterocycles. The highest BCUT2D eigenvalue weighted by atomic mass is 14.3. The third kappa shape index (κ3) is 1.57. The first kappa shape index (κ1) is 8.31. The Morgan fingerprint density at radius 2 is 1.92 bits per heavy atom. The molecule has 1 saturated carbocycles. The molecule has 2 rings (SSSR count). The summed E-state index contributed by atoms with van der Waals surface area (Å²) < 4.78 is 0. The lowest BCUT2D eigenvalue weighted by molar-refractivity contribution is 1.12. The van der Waals surface area contributed by atoms with Crippen molar-refractivity contribution >= 4 is 12.2 Å². The van der Waals surface area contributed by atoms with Crippen LogP contribution in [0.5, 0.6) is 0 Å². The quantitative estimate of drug-likeness (QED) is 0.646. The largest absolute Gasteiger partial charge is 0.0985 e. The van der Waals surface area contributed by atoms with E-state index in [1.165, 1.54) is 29.5 Å². The molecule has 13 heavy (non-hydrogen) atoms. The first-order valence-corrected chi connectivity index (χ1v) is 4.74. The molecule has 0 heterocycles. The van der Waals surface area contributed by atoms with Crippen LogP contribution < -0.4 is 0 Å². The highest BCUT2D eigenvalue weighted by molar-refractivity contribution is 5.60. The zero-order valence-corrected chi connectivity index (χ0v) is 7.79. The molecule has 0 spiro atoms. The van der Waals surface area contributed by atoms with E-state index in [9.17, 15) is 0 Å². The van der Waals surface area contributed by atoms with Crippen molar-refractivity contribution < 1.29 is 0 Å². The van der Waals surface area contributed by atoms with Gasteiger partial charge in [0.15, 0.2) is 0 Å². The molecule has 0 saturated heterocycles. The maximum absolute atomic E-state index is 3.84.